The predicted octanol–water partition coefficient (Wildman–Crippen LogP) is 3.54. The molecule has 0 bridgehead atoms. The highest BCUT2D eigenvalue weighted by Gasteiger charge is 2.54. The highest BCUT2D eigenvalue weighted by molar-refractivity contribution is 5.96. The Bertz CT molecular complexity index is 805. The lowest BCUT2D eigenvalue weighted by atomic mass is 9.85. The largest absolute Gasteiger partial charge is 0.352 e. The minimum atomic E-state index is -0.697. The van der Waals surface area contributed by atoms with Crippen molar-refractivity contribution in [3.63, 3.8) is 0 Å². The van der Waals surface area contributed by atoms with Crippen molar-refractivity contribution in [2.45, 2.75) is 83.7 Å². The molecule has 2 heterocycles. The van der Waals surface area contributed by atoms with Crippen molar-refractivity contribution in [3.8, 4) is 0 Å². The van der Waals surface area contributed by atoms with Gasteiger partial charge in [-0.15, -0.1) is 0 Å². The SMILES string of the molecule is CCCCCCC(=O)N1CCC2(CC1)C(=O)N(CC(=O)NC(C)CC)CN2c1ccccc1. The third-order valence-electron chi connectivity index (χ3n) is 7.12. The second kappa shape index (κ2) is 11.5. The lowest BCUT2D eigenvalue weighted by molar-refractivity contribution is -0.140. The number of piperidine rings is 1. The molecule has 2 aliphatic heterocycles. The number of amides is 3. The van der Waals surface area contributed by atoms with E-state index in [4.69, 9.17) is 0 Å². The number of nitrogens with zero attached hydrogens (tertiary/aromatic N) is 3. The van der Waals surface area contributed by atoms with Crippen molar-refractivity contribution in [2.24, 2.45) is 0 Å². The van der Waals surface area contributed by atoms with Crippen LogP contribution in [0.3, 0.4) is 0 Å². The molecule has 2 saturated heterocycles. The molecule has 3 rings (SSSR count). The number of hydrogen-bond donors (Lipinski definition) is 1. The molecule has 1 N–H and O–H groups in total. The Hall–Kier alpha value is -2.57. The van der Waals surface area contributed by atoms with Crippen LogP contribution in [0, 0.1) is 0 Å². The molecule has 1 aromatic rings. The van der Waals surface area contributed by atoms with Gasteiger partial charge in [-0.3, -0.25) is 14.4 Å². The van der Waals surface area contributed by atoms with Gasteiger partial charge >= 0.3 is 0 Å². The van der Waals surface area contributed by atoms with E-state index < -0.39 is 5.54 Å². The number of nitrogens with one attached hydrogen (secondary N) is 1. The van der Waals surface area contributed by atoms with Crippen LogP contribution >= 0.6 is 0 Å². The zero-order valence-corrected chi connectivity index (χ0v) is 20.5. The Morgan fingerprint density at radius 2 is 1.76 bits per heavy atom. The van der Waals surface area contributed by atoms with Crippen LogP contribution in [0.15, 0.2) is 30.3 Å². The zero-order chi connectivity index (χ0) is 23.8. The fraction of sp³-hybridized carbons (Fsp3) is 0.654. The van der Waals surface area contributed by atoms with E-state index in [1.165, 1.54) is 0 Å². The molecule has 33 heavy (non-hydrogen) atoms. The molecule has 0 aliphatic carbocycles. The summed E-state index contributed by atoms with van der Waals surface area (Å²) in [7, 11) is 0. The monoisotopic (exact) mass is 456 g/mol. The van der Waals surface area contributed by atoms with Gasteiger partial charge in [-0.05, 0) is 44.7 Å². The maximum atomic E-state index is 13.7. The van der Waals surface area contributed by atoms with Gasteiger partial charge in [0, 0.05) is 31.2 Å². The molecule has 2 aliphatic rings. The van der Waals surface area contributed by atoms with Crippen molar-refractivity contribution >= 4 is 23.4 Å². The number of benzene rings is 1. The lowest BCUT2D eigenvalue weighted by Gasteiger charge is -2.43. The molecular formula is C26H40N4O3. The van der Waals surface area contributed by atoms with Gasteiger partial charge in [0.25, 0.3) is 5.91 Å². The quantitative estimate of drug-likeness (QED) is 0.547. The zero-order valence-electron chi connectivity index (χ0n) is 20.5. The molecule has 1 atom stereocenters. The first-order valence-corrected chi connectivity index (χ1v) is 12.6. The van der Waals surface area contributed by atoms with Crippen LogP contribution in [0.5, 0.6) is 0 Å². The second-order valence-electron chi connectivity index (χ2n) is 9.51. The fourth-order valence-electron chi connectivity index (χ4n) is 4.91. The summed E-state index contributed by atoms with van der Waals surface area (Å²) in [4.78, 5) is 44.7. The third kappa shape index (κ3) is 5.87. The van der Waals surface area contributed by atoms with Crippen LogP contribution in [0.2, 0.25) is 0 Å². The van der Waals surface area contributed by atoms with Crippen LogP contribution in [-0.4, -0.2) is 65.4 Å². The number of hydrogen-bond acceptors (Lipinski definition) is 4. The van der Waals surface area contributed by atoms with E-state index in [1.807, 2.05) is 49.1 Å². The van der Waals surface area contributed by atoms with Crippen molar-refractivity contribution in [1.29, 1.82) is 0 Å². The van der Waals surface area contributed by atoms with Gasteiger partial charge in [0.1, 0.15) is 12.1 Å². The molecular weight excluding hydrogens is 416 g/mol. The first kappa shape index (κ1) is 25.1. The average molecular weight is 457 g/mol. The maximum Gasteiger partial charge on any atom is 0.250 e. The number of rotatable bonds is 10. The molecule has 7 nitrogen and oxygen atoms in total. The van der Waals surface area contributed by atoms with Crippen molar-refractivity contribution in [2.75, 3.05) is 31.2 Å². The summed E-state index contributed by atoms with van der Waals surface area (Å²) < 4.78 is 0. The number of para-hydroxylation sites is 1. The molecule has 1 aromatic carbocycles. The highest BCUT2D eigenvalue weighted by atomic mass is 16.2. The average Bonchev–Trinajstić information content (AvgIpc) is 3.08. The Morgan fingerprint density at radius 3 is 2.39 bits per heavy atom. The number of unbranched alkanes of at least 4 members (excludes halogenated alkanes) is 3. The minimum absolute atomic E-state index is 0.000648. The van der Waals surface area contributed by atoms with Crippen LogP contribution in [0.1, 0.15) is 72.1 Å². The van der Waals surface area contributed by atoms with Gasteiger partial charge in [0.05, 0.1) is 6.67 Å². The van der Waals surface area contributed by atoms with Crippen molar-refractivity contribution < 1.29 is 14.4 Å². The Kier molecular flexibility index (Phi) is 8.75. The lowest BCUT2D eigenvalue weighted by Crippen LogP contribution is -2.57. The highest BCUT2D eigenvalue weighted by Crippen LogP contribution is 2.39. The number of carbonyl (C=O) groups is 3. The summed E-state index contributed by atoms with van der Waals surface area (Å²) in [6.07, 6.45) is 6.96. The van der Waals surface area contributed by atoms with Gasteiger partial charge in [-0.2, -0.15) is 0 Å². The summed E-state index contributed by atoms with van der Waals surface area (Å²) in [5, 5.41) is 2.97. The fourth-order valence-corrected chi connectivity index (χ4v) is 4.91. The van der Waals surface area contributed by atoms with E-state index in [1.54, 1.807) is 4.90 Å². The predicted molar refractivity (Wildman–Crippen MR) is 131 cm³/mol. The first-order chi connectivity index (χ1) is 15.9. The molecule has 182 valence electrons. The summed E-state index contributed by atoms with van der Waals surface area (Å²) in [5.74, 6) is 0.0746. The molecule has 3 amide bonds. The van der Waals surface area contributed by atoms with Gasteiger partial charge in [0.2, 0.25) is 11.8 Å². The van der Waals surface area contributed by atoms with E-state index >= 15 is 0 Å². The van der Waals surface area contributed by atoms with E-state index in [9.17, 15) is 14.4 Å². The molecule has 2 fully saturated rings. The summed E-state index contributed by atoms with van der Waals surface area (Å²) in [6, 6.07) is 10.0. The van der Waals surface area contributed by atoms with E-state index in [0.717, 1.165) is 37.8 Å². The Morgan fingerprint density at radius 1 is 1.06 bits per heavy atom. The molecule has 1 unspecified atom stereocenters. The normalized spacial score (nSPS) is 18.6. The van der Waals surface area contributed by atoms with Crippen molar-refractivity contribution in [3.05, 3.63) is 30.3 Å². The first-order valence-electron chi connectivity index (χ1n) is 12.6. The minimum Gasteiger partial charge on any atom is -0.352 e. The molecule has 0 aromatic heterocycles. The summed E-state index contributed by atoms with van der Waals surface area (Å²) in [5.41, 5.74) is 0.284. The summed E-state index contributed by atoms with van der Waals surface area (Å²) >= 11 is 0. The van der Waals surface area contributed by atoms with E-state index in [2.05, 4.69) is 17.1 Å². The molecule has 7 heteroatoms. The smallest absolute Gasteiger partial charge is 0.250 e. The van der Waals surface area contributed by atoms with E-state index in [-0.39, 0.29) is 30.3 Å². The van der Waals surface area contributed by atoms with Crippen LogP contribution in [0.4, 0.5) is 5.69 Å². The van der Waals surface area contributed by atoms with E-state index in [0.29, 0.717) is 39.0 Å². The Balaban J connectivity index is 1.70. The van der Waals surface area contributed by atoms with Crippen molar-refractivity contribution in [1.82, 2.24) is 15.1 Å². The molecule has 0 saturated carbocycles. The Labute approximate surface area is 198 Å². The third-order valence-corrected chi connectivity index (χ3v) is 7.12. The van der Waals surface area contributed by atoms with Crippen LogP contribution < -0.4 is 10.2 Å². The number of anilines is 1. The van der Waals surface area contributed by atoms with Gasteiger partial charge in [-0.1, -0.05) is 51.3 Å². The topological polar surface area (TPSA) is 73.0 Å². The van der Waals surface area contributed by atoms with Gasteiger partial charge < -0.3 is 20.0 Å². The molecule has 1 spiro atoms. The van der Waals surface area contributed by atoms with Gasteiger partial charge in [-0.25, -0.2) is 0 Å². The van der Waals surface area contributed by atoms with Crippen LogP contribution in [-0.2, 0) is 14.4 Å². The second-order valence-corrected chi connectivity index (χ2v) is 9.51. The summed E-state index contributed by atoms with van der Waals surface area (Å²) in [6.45, 7) is 7.77. The number of likely N-dealkylation sites (tertiary alicyclic amines) is 1. The van der Waals surface area contributed by atoms with Gasteiger partial charge in [0.15, 0.2) is 0 Å². The number of carbonyl (C=O) groups excluding carboxylic acids is 3. The molecule has 0 radical (unpaired) electrons. The standard InChI is InChI=1S/C26H40N4O3/c1-4-6-7-11-14-24(32)28-17-15-26(16-18-28)25(33)29(19-23(31)27-21(3)5-2)20-30(26)22-12-9-8-10-13-22/h8-10,12-13,21H,4-7,11,14-20H2,1-3H3,(H,27,31). The maximum absolute atomic E-state index is 13.7. The van der Waals surface area contributed by atoms with Crippen LogP contribution in [0.25, 0.3) is 0 Å².